The van der Waals surface area contributed by atoms with E-state index in [0.717, 1.165) is 20.8 Å². The molecule has 0 atom stereocenters. The van der Waals surface area contributed by atoms with E-state index in [-0.39, 0.29) is 11.6 Å². The molecule has 0 aliphatic carbocycles. The highest BCUT2D eigenvalue weighted by Gasteiger charge is 2.13. The Morgan fingerprint density at radius 3 is 2.95 bits per heavy atom. The van der Waals surface area contributed by atoms with Gasteiger partial charge in [0.1, 0.15) is 5.82 Å². The normalized spacial score (nSPS) is 11.1. The van der Waals surface area contributed by atoms with E-state index in [0.29, 0.717) is 11.3 Å². The fourth-order valence-electron chi connectivity index (χ4n) is 1.89. The summed E-state index contributed by atoms with van der Waals surface area (Å²) in [5.74, 6) is -0.244. The van der Waals surface area contributed by atoms with Crippen LogP contribution in [0.1, 0.15) is 20.4 Å². The van der Waals surface area contributed by atoms with Crippen LogP contribution in [0.4, 0.5) is 4.39 Å². The minimum absolute atomic E-state index is 0.0342. The van der Waals surface area contributed by atoms with Crippen LogP contribution in [0.25, 0.3) is 10.1 Å². The van der Waals surface area contributed by atoms with Crippen molar-refractivity contribution in [2.75, 3.05) is 0 Å². The van der Waals surface area contributed by atoms with Crippen molar-refractivity contribution in [2.45, 2.75) is 13.3 Å². The average molecular weight is 291 g/mol. The van der Waals surface area contributed by atoms with Gasteiger partial charge in [0.05, 0.1) is 22.0 Å². The molecule has 3 aromatic rings. The number of carbonyl (C=O) groups is 1. The number of ketones is 1. The number of thiophene rings is 1. The first-order chi connectivity index (χ1) is 9.11. The lowest BCUT2D eigenvalue weighted by Crippen LogP contribution is -2.01. The fraction of sp³-hybridized carbons (Fsp3) is 0.143. The fourth-order valence-corrected chi connectivity index (χ4v) is 3.49. The summed E-state index contributed by atoms with van der Waals surface area (Å²) >= 11 is 2.94. The molecule has 2 heterocycles. The van der Waals surface area contributed by atoms with E-state index in [1.165, 1.54) is 34.8 Å². The molecule has 96 valence electrons. The number of carbonyl (C=O) groups excluding carboxylic acids is 1. The lowest BCUT2D eigenvalue weighted by molar-refractivity contribution is 0.0996. The Labute approximate surface area is 117 Å². The number of thiazole rings is 1. The number of nitrogens with zero attached hydrogens (tertiary/aromatic N) is 1. The zero-order valence-corrected chi connectivity index (χ0v) is 11.8. The summed E-state index contributed by atoms with van der Waals surface area (Å²) in [5, 5.41) is 3.64. The zero-order valence-electron chi connectivity index (χ0n) is 10.1. The number of halogens is 1. The summed E-state index contributed by atoms with van der Waals surface area (Å²) in [6.07, 6.45) is 0.305. The number of hydrogen-bond donors (Lipinski definition) is 0. The molecule has 0 fully saturated rings. The topological polar surface area (TPSA) is 30.0 Å². The minimum Gasteiger partial charge on any atom is -0.293 e. The second kappa shape index (κ2) is 4.83. The van der Waals surface area contributed by atoms with Gasteiger partial charge < -0.3 is 0 Å². The van der Waals surface area contributed by atoms with Crippen LogP contribution in [0.15, 0.2) is 29.6 Å². The van der Waals surface area contributed by atoms with Crippen molar-refractivity contribution in [3.8, 4) is 0 Å². The molecular weight excluding hydrogens is 281 g/mol. The number of aromatic nitrogens is 1. The molecule has 5 heteroatoms. The summed E-state index contributed by atoms with van der Waals surface area (Å²) < 4.78 is 14.0. The maximum atomic E-state index is 13.1. The maximum absolute atomic E-state index is 13.1. The van der Waals surface area contributed by atoms with E-state index in [1.54, 1.807) is 12.1 Å². The van der Waals surface area contributed by atoms with Gasteiger partial charge in [-0.15, -0.1) is 22.7 Å². The Balaban J connectivity index is 1.89. The highest BCUT2D eigenvalue weighted by molar-refractivity contribution is 7.20. The molecule has 0 N–H and O–H groups in total. The van der Waals surface area contributed by atoms with E-state index in [1.807, 2.05) is 12.3 Å². The number of rotatable bonds is 3. The van der Waals surface area contributed by atoms with Gasteiger partial charge in [-0.2, -0.15) is 0 Å². The van der Waals surface area contributed by atoms with Crippen molar-refractivity contribution in [3.05, 3.63) is 51.0 Å². The van der Waals surface area contributed by atoms with Crippen molar-refractivity contribution in [2.24, 2.45) is 0 Å². The second-order valence-corrected chi connectivity index (χ2v) is 6.40. The quantitative estimate of drug-likeness (QED) is 0.676. The first-order valence-corrected chi connectivity index (χ1v) is 7.45. The Bertz CT molecular complexity index is 760. The molecule has 0 unspecified atom stereocenters. The van der Waals surface area contributed by atoms with Crippen molar-refractivity contribution < 1.29 is 9.18 Å². The molecule has 0 aliphatic rings. The molecule has 0 saturated heterocycles. The smallest absolute Gasteiger partial charge is 0.178 e. The van der Waals surface area contributed by atoms with Gasteiger partial charge in [-0.1, -0.05) is 0 Å². The zero-order chi connectivity index (χ0) is 13.4. The van der Waals surface area contributed by atoms with Gasteiger partial charge in [-0.05, 0) is 36.6 Å². The van der Waals surface area contributed by atoms with Crippen molar-refractivity contribution in [1.82, 2.24) is 4.98 Å². The molecular formula is C14H10FNOS2. The third kappa shape index (κ3) is 2.57. The number of aryl methyl sites for hydroxylation is 1. The van der Waals surface area contributed by atoms with Crippen LogP contribution >= 0.6 is 22.7 Å². The number of hydrogen-bond acceptors (Lipinski definition) is 4. The summed E-state index contributed by atoms with van der Waals surface area (Å²) in [6, 6.07) is 6.33. The molecule has 0 aliphatic heterocycles. The monoisotopic (exact) mass is 291 g/mol. The lowest BCUT2D eigenvalue weighted by Gasteiger charge is -1.93. The predicted octanol–water partition coefficient (Wildman–Crippen LogP) is 4.23. The number of Topliss-reactive ketones (excluding diaryl/α,β-unsaturated/α-hetero) is 1. The molecule has 3 rings (SSSR count). The minimum atomic E-state index is -0.278. The summed E-state index contributed by atoms with van der Waals surface area (Å²) in [4.78, 5) is 17.1. The van der Waals surface area contributed by atoms with Gasteiger partial charge >= 0.3 is 0 Å². The van der Waals surface area contributed by atoms with Crippen LogP contribution in [-0.4, -0.2) is 10.8 Å². The largest absolute Gasteiger partial charge is 0.293 e. The van der Waals surface area contributed by atoms with Crippen LogP contribution in [0.3, 0.4) is 0 Å². The molecule has 0 saturated carbocycles. The third-order valence-electron chi connectivity index (χ3n) is 2.76. The lowest BCUT2D eigenvalue weighted by atomic mass is 10.2. The standard InChI is InChI=1S/C14H10FNOS2/c1-8-16-11(7-18-8)6-12(17)14-5-9-4-10(15)2-3-13(9)19-14/h2-5,7H,6H2,1H3. The van der Waals surface area contributed by atoms with E-state index in [9.17, 15) is 9.18 Å². The summed E-state index contributed by atoms with van der Waals surface area (Å²) in [7, 11) is 0. The van der Waals surface area contributed by atoms with Gasteiger partial charge in [-0.3, -0.25) is 4.79 Å². The molecule has 0 spiro atoms. The van der Waals surface area contributed by atoms with E-state index in [4.69, 9.17) is 0 Å². The SMILES string of the molecule is Cc1nc(CC(=O)c2cc3cc(F)ccc3s2)cs1. The first-order valence-electron chi connectivity index (χ1n) is 5.75. The van der Waals surface area contributed by atoms with Gasteiger partial charge in [0.15, 0.2) is 5.78 Å². The van der Waals surface area contributed by atoms with Crippen LogP contribution in [-0.2, 0) is 6.42 Å². The van der Waals surface area contributed by atoms with Crippen molar-refractivity contribution in [3.63, 3.8) is 0 Å². The Kier molecular flexibility index (Phi) is 3.16. The molecule has 0 bridgehead atoms. The maximum Gasteiger partial charge on any atom is 0.178 e. The van der Waals surface area contributed by atoms with E-state index >= 15 is 0 Å². The van der Waals surface area contributed by atoms with Crippen molar-refractivity contribution >= 4 is 38.5 Å². The van der Waals surface area contributed by atoms with Gasteiger partial charge in [0.2, 0.25) is 0 Å². The number of fused-ring (bicyclic) bond motifs is 1. The Hall–Kier alpha value is -1.59. The summed E-state index contributed by atoms with van der Waals surface area (Å²) in [5.41, 5.74) is 0.802. The molecule has 2 aromatic heterocycles. The highest BCUT2D eigenvalue weighted by Crippen LogP contribution is 2.27. The molecule has 1 aromatic carbocycles. The molecule has 2 nitrogen and oxygen atoms in total. The van der Waals surface area contributed by atoms with Crippen LogP contribution in [0.2, 0.25) is 0 Å². The van der Waals surface area contributed by atoms with E-state index < -0.39 is 0 Å². The molecule has 0 radical (unpaired) electrons. The number of benzene rings is 1. The van der Waals surface area contributed by atoms with Gasteiger partial charge in [0, 0.05) is 10.1 Å². The second-order valence-electron chi connectivity index (χ2n) is 4.25. The summed E-state index contributed by atoms with van der Waals surface area (Å²) in [6.45, 7) is 1.92. The molecule has 0 amide bonds. The Morgan fingerprint density at radius 2 is 2.21 bits per heavy atom. The van der Waals surface area contributed by atoms with Gasteiger partial charge in [-0.25, -0.2) is 9.37 Å². The Morgan fingerprint density at radius 1 is 1.37 bits per heavy atom. The molecule has 19 heavy (non-hydrogen) atoms. The van der Waals surface area contributed by atoms with Crippen LogP contribution in [0, 0.1) is 12.7 Å². The third-order valence-corrected chi connectivity index (χ3v) is 4.74. The van der Waals surface area contributed by atoms with Crippen molar-refractivity contribution in [1.29, 1.82) is 0 Å². The van der Waals surface area contributed by atoms with Gasteiger partial charge in [0.25, 0.3) is 0 Å². The van der Waals surface area contributed by atoms with E-state index in [2.05, 4.69) is 4.98 Å². The predicted molar refractivity (Wildman–Crippen MR) is 76.7 cm³/mol. The first kappa shape index (κ1) is 12.4. The van der Waals surface area contributed by atoms with Crippen LogP contribution < -0.4 is 0 Å². The van der Waals surface area contributed by atoms with Crippen LogP contribution in [0.5, 0.6) is 0 Å². The highest BCUT2D eigenvalue weighted by atomic mass is 32.1. The average Bonchev–Trinajstić information content (AvgIpc) is 2.95.